The fraction of sp³-hybridized carbons (Fsp3) is 0.0952. The maximum atomic E-state index is 13.3. The van der Waals surface area contributed by atoms with Gasteiger partial charge < -0.3 is 4.74 Å². The summed E-state index contributed by atoms with van der Waals surface area (Å²) in [6.07, 6.45) is 1.69. The van der Waals surface area contributed by atoms with Crippen molar-refractivity contribution in [2.45, 2.75) is 13.5 Å². The molecule has 5 heteroatoms. The molecule has 0 bridgehead atoms. The van der Waals surface area contributed by atoms with Gasteiger partial charge in [-0.3, -0.25) is 4.99 Å². The number of nitrogens with zero attached hydrogens (tertiary/aromatic N) is 1. The highest BCUT2D eigenvalue weighted by Gasteiger charge is 2.06. The number of rotatable bonds is 5. The molecule has 0 spiro atoms. The van der Waals surface area contributed by atoms with Crippen LogP contribution < -0.4 is 4.74 Å². The van der Waals surface area contributed by atoms with Crippen LogP contribution in [0.2, 0.25) is 10.0 Å². The quantitative estimate of drug-likeness (QED) is 0.442. The van der Waals surface area contributed by atoms with Gasteiger partial charge in [0.05, 0.1) is 5.69 Å². The van der Waals surface area contributed by atoms with Gasteiger partial charge in [-0.05, 0) is 60.5 Å². The molecular weight excluding hydrogens is 372 g/mol. The predicted octanol–water partition coefficient (Wildman–Crippen LogP) is 6.77. The molecule has 0 amide bonds. The van der Waals surface area contributed by atoms with Crippen LogP contribution >= 0.6 is 23.2 Å². The van der Waals surface area contributed by atoms with Crippen molar-refractivity contribution in [3.05, 3.63) is 93.2 Å². The fourth-order valence-electron chi connectivity index (χ4n) is 2.41. The fourth-order valence-corrected chi connectivity index (χ4v) is 2.76. The summed E-state index contributed by atoms with van der Waals surface area (Å²) in [6.45, 7) is 2.16. The van der Waals surface area contributed by atoms with Crippen molar-refractivity contribution in [3.63, 3.8) is 0 Å². The molecule has 0 fully saturated rings. The summed E-state index contributed by atoms with van der Waals surface area (Å²) in [5, 5.41) is 1.24. The zero-order valence-corrected chi connectivity index (χ0v) is 15.6. The first kappa shape index (κ1) is 18.4. The van der Waals surface area contributed by atoms with Crippen LogP contribution in [0.4, 0.5) is 10.1 Å². The van der Waals surface area contributed by atoms with Crippen LogP contribution in [0, 0.1) is 12.7 Å². The summed E-state index contributed by atoms with van der Waals surface area (Å²) in [4.78, 5) is 4.50. The first-order valence-electron chi connectivity index (χ1n) is 7.99. The Morgan fingerprint density at radius 2 is 1.85 bits per heavy atom. The molecule has 0 N–H and O–H groups in total. The van der Waals surface area contributed by atoms with E-state index in [0.29, 0.717) is 15.8 Å². The molecule has 0 saturated heterocycles. The highest BCUT2D eigenvalue weighted by molar-refractivity contribution is 6.31. The molecule has 132 valence electrons. The maximum absolute atomic E-state index is 13.3. The Balaban J connectivity index is 1.84. The minimum atomic E-state index is -0.291. The molecule has 0 atom stereocenters. The van der Waals surface area contributed by atoms with Crippen LogP contribution in [-0.4, -0.2) is 6.21 Å². The number of hydrogen-bond donors (Lipinski definition) is 0. The van der Waals surface area contributed by atoms with E-state index in [1.54, 1.807) is 30.5 Å². The average Bonchev–Trinajstić information content (AvgIpc) is 2.62. The lowest BCUT2D eigenvalue weighted by Crippen LogP contribution is -1.99. The third-order valence-electron chi connectivity index (χ3n) is 3.84. The van der Waals surface area contributed by atoms with Crippen LogP contribution in [0.5, 0.6) is 5.75 Å². The van der Waals surface area contributed by atoms with E-state index < -0.39 is 0 Å². The number of ether oxygens (including phenoxy) is 1. The highest BCUT2D eigenvalue weighted by atomic mass is 35.5. The number of halogens is 3. The van der Waals surface area contributed by atoms with E-state index in [-0.39, 0.29) is 12.4 Å². The van der Waals surface area contributed by atoms with Gasteiger partial charge in [0, 0.05) is 21.8 Å². The molecule has 0 unspecified atom stereocenters. The highest BCUT2D eigenvalue weighted by Crippen LogP contribution is 2.27. The second-order valence-electron chi connectivity index (χ2n) is 5.74. The molecule has 3 aromatic carbocycles. The van der Waals surface area contributed by atoms with Crippen molar-refractivity contribution in [1.82, 2.24) is 0 Å². The summed E-state index contributed by atoms with van der Waals surface area (Å²) in [7, 11) is 0. The molecule has 3 rings (SSSR count). The number of benzene rings is 3. The molecule has 0 saturated carbocycles. The molecule has 0 aliphatic carbocycles. The van der Waals surface area contributed by atoms with Crippen molar-refractivity contribution in [1.29, 1.82) is 0 Å². The lowest BCUT2D eigenvalue weighted by Gasteiger charge is -2.10. The largest absolute Gasteiger partial charge is 0.488 e. The number of hydrogen-bond acceptors (Lipinski definition) is 2. The van der Waals surface area contributed by atoms with Crippen molar-refractivity contribution in [3.8, 4) is 5.75 Å². The summed E-state index contributed by atoms with van der Waals surface area (Å²) in [6, 6.07) is 17.1. The summed E-state index contributed by atoms with van der Waals surface area (Å²) < 4.78 is 19.1. The Kier molecular flexibility index (Phi) is 5.92. The standard InChI is InChI=1S/C21H16Cl2FNO/c1-14-19(23)6-3-7-20(14)25-12-16-11-17(22)8-9-21(16)26-13-15-4-2-5-18(24)10-15/h2-12H,13H2,1H3. The van der Waals surface area contributed by atoms with Gasteiger partial charge in [0.2, 0.25) is 0 Å². The van der Waals surface area contributed by atoms with Gasteiger partial charge in [0.1, 0.15) is 18.2 Å². The Morgan fingerprint density at radius 1 is 1.04 bits per heavy atom. The summed E-state index contributed by atoms with van der Waals surface area (Å²) in [5.74, 6) is 0.322. The minimum Gasteiger partial charge on any atom is -0.488 e. The zero-order chi connectivity index (χ0) is 18.5. The van der Waals surface area contributed by atoms with Crippen LogP contribution in [0.1, 0.15) is 16.7 Å². The molecule has 0 aliphatic rings. The molecular formula is C21H16Cl2FNO. The van der Waals surface area contributed by atoms with E-state index in [9.17, 15) is 4.39 Å². The summed E-state index contributed by atoms with van der Waals surface area (Å²) >= 11 is 12.2. The second kappa shape index (κ2) is 8.35. The van der Waals surface area contributed by atoms with Crippen LogP contribution in [0.3, 0.4) is 0 Å². The zero-order valence-electron chi connectivity index (χ0n) is 14.0. The Bertz CT molecular complexity index is 956. The van der Waals surface area contributed by atoms with E-state index in [4.69, 9.17) is 27.9 Å². The second-order valence-corrected chi connectivity index (χ2v) is 6.59. The van der Waals surface area contributed by atoms with Gasteiger partial charge in [-0.25, -0.2) is 4.39 Å². The van der Waals surface area contributed by atoms with E-state index in [1.165, 1.54) is 12.1 Å². The first-order valence-corrected chi connectivity index (χ1v) is 8.74. The lowest BCUT2D eigenvalue weighted by molar-refractivity contribution is 0.305. The van der Waals surface area contributed by atoms with Crippen molar-refractivity contribution in [2.24, 2.45) is 4.99 Å². The van der Waals surface area contributed by atoms with Crippen molar-refractivity contribution < 1.29 is 9.13 Å². The average molecular weight is 388 g/mol. The maximum Gasteiger partial charge on any atom is 0.128 e. The molecule has 3 aromatic rings. The van der Waals surface area contributed by atoms with Crippen molar-refractivity contribution in [2.75, 3.05) is 0 Å². The van der Waals surface area contributed by atoms with Gasteiger partial charge in [0.15, 0.2) is 0 Å². The van der Waals surface area contributed by atoms with Crippen LogP contribution in [-0.2, 0) is 6.61 Å². The Labute approximate surface area is 161 Å². The van der Waals surface area contributed by atoms with Gasteiger partial charge >= 0.3 is 0 Å². The predicted molar refractivity (Wildman–Crippen MR) is 106 cm³/mol. The third-order valence-corrected chi connectivity index (χ3v) is 4.48. The van der Waals surface area contributed by atoms with E-state index in [2.05, 4.69) is 4.99 Å². The van der Waals surface area contributed by atoms with Crippen LogP contribution in [0.15, 0.2) is 65.7 Å². The van der Waals surface area contributed by atoms with Gasteiger partial charge in [0.25, 0.3) is 0 Å². The van der Waals surface area contributed by atoms with E-state index in [0.717, 1.165) is 22.4 Å². The van der Waals surface area contributed by atoms with Gasteiger partial charge in [-0.2, -0.15) is 0 Å². The molecule has 0 aliphatic heterocycles. The van der Waals surface area contributed by atoms with Crippen molar-refractivity contribution >= 4 is 35.1 Å². The SMILES string of the molecule is Cc1c(Cl)cccc1N=Cc1cc(Cl)ccc1OCc1cccc(F)c1. The summed E-state index contributed by atoms with van der Waals surface area (Å²) in [5.41, 5.74) is 3.14. The molecule has 26 heavy (non-hydrogen) atoms. The first-order chi connectivity index (χ1) is 12.5. The monoisotopic (exact) mass is 387 g/mol. The van der Waals surface area contributed by atoms with E-state index in [1.807, 2.05) is 31.2 Å². The Hall–Kier alpha value is -2.36. The Morgan fingerprint density at radius 3 is 2.65 bits per heavy atom. The van der Waals surface area contributed by atoms with Gasteiger partial charge in [-0.1, -0.05) is 41.4 Å². The molecule has 2 nitrogen and oxygen atoms in total. The topological polar surface area (TPSA) is 21.6 Å². The normalized spacial score (nSPS) is 11.1. The van der Waals surface area contributed by atoms with E-state index >= 15 is 0 Å². The molecule has 0 radical (unpaired) electrons. The molecule has 0 aromatic heterocycles. The van der Waals surface area contributed by atoms with Gasteiger partial charge in [-0.15, -0.1) is 0 Å². The number of aliphatic imine (C=N–C) groups is 1. The smallest absolute Gasteiger partial charge is 0.128 e. The minimum absolute atomic E-state index is 0.246. The van der Waals surface area contributed by atoms with Crippen LogP contribution in [0.25, 0.3) is 0 Å². The molecule has 0 heterocycles. The lowest BCUT2D eigenvalue weighted by atomic mass is 10.2. The third kappa shape index (κ3) is 4.63.